The molecule has 2 saturated heterocycles. The molecule has 2 aromatic carbocycles. The molecule has 1 N–H and O–H groups in total. The monoisotopic (exact) mass is 663 g/mol. The van der Waals surface area contributed by atoms with Gasteiger partial charge in [0, 0.05) is 50.2 Å². The molecule has 1 amide bonds. The third kappa shape index (κ3) is 7.38. The molecule has 0 unspecified atom stereocenters. The fraction of sp³-hybridized carbons (Fsp3) is 0.333. The smallest absolute Gasteiger partial charge is 0.475 e. The van der Waals surface area contributed by atoms with E-state index in [4.69, 9.17) is 33.1 Å². The topological polar surface area (TPSA) is 98.2 Å². The molecule has 226 valence electrons. The summed E-state index contributed by atoms with van der Waals surface area (Å²) in [5.74, 6) is -3.39. The number of carbonyl (C=O) groups is 2. The molecule has 0 aliphatic carbocycles. The van der Waals surface area contributed by atoms with Crippen LogP contribution in [0.5, 0.6) is 0 Å². The zero-order valence-corrected chi connectivity index (χ0v) is 25.0. The summed E-state index contributed by atoms with van der Waals surface area (Å²) in [5, 5.41) is 10.1. The van der Waals surface area contributed by atoms with Crippen LogP contribution < -0.4 is 4.90 Å². The molecule has 8 nitrogen and oxygen atoms in total. The maximum absolute atomic E-state index is 13.7. The lowest BCUT2D eigenvalue weighted by Crippen LogP contribution is -2.51. The summed E-state index contributed by atoms with van der Waals surface area (Å²) in [4.78, 5) is 26.6. The zero-order chi connectivity index (χ0) is 30.7. The van der Waals surface area contributed by atoms with E-state index >= 15 is 0 Å². The predicted molar refractivity (Wildman–Crippen MR) is 155 cm³/mol. The first kappa shape index (κ1) is 32.1. The summed E-state index contributed by atoms with van der Waals surface area (Å²) in [7, 11) is -3.64. The second-order valence-corrected chi connectivity index (χ2v) is 13.5. The maximum Gasteiger partial charge on any atom is 0.490 e. The van der Waals surface area contributed by atoms with Gasteiger partial charge in [0.1, 0.15) is 4.21 Å². The highest BCUT2D eigenvalue weighted by Crippen LogP contribution is 2.38. The van der Waals surface area contributed by atoms with Gasteiger partial charge < -0.3 is 14.9 Å². The fourth-order valence-electron chi connectivity index (χ4n) is 4.92. The first-order chi connectivity index (χ1) is 19.8. The summed E-state index contributed by atoms with van der Waals surface area (Å²) in [5.41, 5.74) is 1.85. The number of hydrogen-bond donors (Lipinski definition) is 1. The Balaban J connectivity index is 0.000000517. The van der Waals surface area contributed by atoms with Gasteiger partial charge in [-0.3, -0.25) is 4.79 Å². The lowest BCUT2D eigenvalue weighted by Gasteiger charge is -2.38. The number of rotatable bonds is 5. The number of alkyl halides is 3. The van der Waals surface area contributed by atoms with E-state index in [2.05, 4.69) is 4.90 Å². The molecule has 3 aromatic rings. The molecule has 2 aliphatic rings. The van der Waals surface area contributed by atoms with Crippen LogP contribution in [0.4, 0.5) is 18.9 Å². The number of benzene rings is 2. The second-order valence-electron chi connectivity index (χ2n) is 9.59. The van der Waals surface area contributed by atoms with Crippen LogP contribution in [0.3, 0.4) is 0 Å². The van der Waals surface area contributed by atoms with Crippen molar-refractivity contribution in [3.8, 4) is 0 Å². The van der Waals surface area contributed by atoms with Gasteiger partial charge in [-0.15, -0.1) is 11.3 Å². The Morgan fingerprint density at radius 3 is 2.14 bits per heavy atom. The van der Waals surface area contributed by atoms with Gasteiger partial charge >= 0.3 is 12.1 Å². The van der Waals surface area contributed by atoms with E-state index in [0.29, 0.717) is 47.0 Å². The average molecular weight is 665 g/mol. The van der Waals surface area contributed by atoms with Crippen molar-refractivity contribution in [3.63, 3.8) is 0 Å². The maximum atomic E-state index is 13.7. The highest BCUT2D eigenvalue weighted by atomic mass is 35.5. The molecule has 0 radical (unpaired) electrons. The van der Waals surface area contributed by atoms with Gasteiger partial charge in [0.2, 0.25) is 5.91 Å². The summed E-state index contributed by atoms with van der Waals surface area (Å²) >= 11 is 13.7. The van der Waals surface area contributed by atoms with Crippen LogP contribution in [0.15, 0.2) is 70.3 Å². The van der Waals surface area contributed by atoms with Gasteiger partial charge in [-0.05, 0) is 35.2 Å². The van der Waals surface area contributed by atoms with Gasteiger partial charge in [-0.25, -0.2) is 13.2 Å². The number of aliphatic carboxylic acids is 1. The SMILES string of the molecule is O=C(O)C(F)(F)F.O=C([C@@H]1CN(S(=O)(=O)c2cccs2)C[C@H]1c1ccccc1)N1CCN(c2cc(Cl)ccc2Cl)CC1. The minimum atomic E-state index is -5.08. The molecule has 3 heterocycles. The van der Waals surface area contributed by atoms with Crippen LogP contribution in [0.2, 0.25) is 10.0 Å². The molecular formula is C27H26Cl2F3N3O5S2. The number of thiophene rings is 1. The van der Waals surface area contributed by atoms with E-state index in [-0.39, 0.29) is 18.4 Å². The van der Waals surface area contributed by atoms with Crippen molar-refractivity contribution in [2.45, 2.75) is 16.3 Å². The largest absolute Gasteiger partial charge is 0.490 e. The van der Waals surface area contributed by atoms with Crippen molar-refractivity contribution < 1.29 is 36.3 Å². The van der Waals surface area contributed by atoms with E-state index in [9.17, 15) is 26.4 Å². The minimum Gasteiger partial charge on any atom is -0.475 e. The van der Waals surface area contributed by atoms with E-state index in [0.717, 1.165) is 11.3 Å². The summed E-state index contributed by atoms with van der Waals surface area (Å²) < 4.78 is 60.0. The number of carbonyl (C=O) groups excluding carboxylic acids is 1. The molecule has 2 fully saturated rings. The molecule has 42 heavy (non-hydrogen) atoms. The Morgan fingerprint density at radius 1 is 0.929 bits per heavy atom. The molecule has 15 heteroatoms. The number of sulfonamides is 1. The highest BCUT2D eigenvalue weighted by molar-refractivity contribution is 7.91. The Bertz CT molecular complexity index is 1500. The lowest BCUT2D eigenvalue weighted by atomic mass is 9.88. The van der Waals surface area contributed by atoms with Crippen molar-refractivity contribution in [2.75, 3.05) is 44.2 Å². The van der Waals surface area contributed by atoms with Crippen LogP contribution in [0, 0.1) is 5.92 Å². The first-order valence-corrected chi connectivity index (χ1v) is 15.7. The van der Waals surface area contributed by atoms with Crippen molar-refractivity contribution in [1.29, 1.82) is 0 Å². The highest BCUT2D eigenvalue weighted by Gasteiger charge is 2.45. The molecule has 0 spiro atoms. The number of piperazine rings is 1. The molecule has 2 aliphatic heterocycles. The number of amides is 1. The van der Waals surface area contributed by atoms with Crippen molar-refractivity contribution in [3.05, 3.63) is 81.7 Å². The average Bonchev–Trinajstić information content (AvgIpc) is 3.66. The summed E-state index contributed by atoms with van der Waals surface area (Å²) in [6.07, 6.45) is -5.08. The Hall–Kier alpha value is -2.84. The van der Waals surface area contributed by atoms with Crippen molar-refractivity contribution in [1.82, 2.24) is 9.21 Å². The van der Waals surface area contributed by atoms with Crippen molar-refractivity contribution >= 4 is 62.1 Å². The number of carboxylic acid groups (broad SMARTS) is 1. The Labute approximate surface area is 254 Å². The third-order valence-corrected chi connectivity index (χ3v) is 10.8. The van der Waals surface area contributed by atoms with Gasteiger partial charge in [0.05, 0.1) is 16.6 Å². The molecule has 0 saturated carbocycles. The molecule has 0 bridgehead atoms. The number of carboxylic acids is 1. The van der Waals surface area contributed by atoms with Gasteiger partial charge in [-0.2, -0.15) is 17.5 Å². The lowest BCUT2D eigenvalue weighted by molar-refractivity contribution is -0.192. The standard InChI is InChI=1S/C25H25Cl2N3O3S2.C2HF3O2/c26-19-8-9-22(27)23(15-19)28-10-12-29(13-11-28)25(31)21-17-30(35(32,33)24-7-4-14-34-24)16-20(21)18-5-2-1-3-6-18;3-2(4,5)1(6)7/h1-9,14-15,20-21H,10-13,16-17H2;(H,6,7)/t20-,21+;/m0./s1. The number of anilines is 1. The normalized spacial score (nSPS) is 19.7. The fourth-order valence-corrected chi connectivity index (χ4v) is 7.96. The van der Waals surface area contributed by atoms with Gasteiger partial charge in [-0.1, -0.05) is 59.6 Å². The van der Waals surface area contributed by atoms with Crippen LogP contribution in [0.1, 0.15) is 11.5 Å². The third-order valence-electron chi connectivity index (χ3n) is 7.00. The van der Waals surface area contributed by atoms with E-state index in [1.807, 2.05) is 41.3 Å². The first-order valence-electron chi connectivity index (χ1n) is 12.7. The zero-order valence-electron chi connectivity index (χ0n) is 21.9. The van der Waals surface area contributed by atoms with E-state index < -0.39 is 28.1 Å². The van der Waals surface area contributed by atoms with Gasteiger partial charge in [0.25, 0.3) is 10.0 Å². The Morgan fingerprint density at radius 2 is 1.57 bits per heavy atom. The minimum absolute atomic E-state index is 0.000395. The quantitative estimate of drug-likeness (QED) is 0.390. The molecule has 2 atom stereocenters. The van der Waals surface area contributed by atoms with Crippen LogP contribution in [-0.4, -0.2) is 80.1 Å². The van der Waals surface area contributed by atoms with Crippen LogP contribution >= 0.6 is 34.5 Å². The summed E-state index contributed by atoms with van der Waals surface area (Å²) in [6, 6.07) is 18.5. The molecule has 5 rings (SSSR count). The Kier molecular flexibility index (Phi) is 10.1. The number of hydrogen-bond acceptors (Lipinski definition) is 6. The molecule has 1 aromatic heterocycles. The number of halogens is 5. The number of nitrogens with zero attached hydrogens (tertiary/aromatic N) is 3. The molecular weight excluding hydrogens is 638 g/mol. The van der Waals surface area contributed by atoms with Crippen LogP contribution in [0.25, 0.3) is 0 Å². The second kappa shape index (κ2) is 13.2. The predicted octanol–water partition coefficient (Wildman–Crippen LogP) is 5.44. The van der Waals surface area contributed by atoms with Crippen molar-refractivity contribution in [2.24, 2.45) is 5.92 Å². The summed E-state index contributed by atoms with van der Waals surface area (Å²) in [6.45, 7) is 2.81. The van der Waals surface area contributed by atoms with Gasteiger partial charge in [0.15, 0.2) is 0 Å². The van der Waals surface area contributed by atoms with E-state index in [1.165, 1.54) is 15.6 Å². The van der Waals surface area contributed by atoms with Crippen LogP contribution in [-0.2, 0) is 19.6 Å². The van der Waals surface area contributed by atoms with E-state index in [1.54, 1.807) is 29.6 Å².